The molecule has 3 rings (SSSR count). The Kier molecular flexibility index (Phi) is 4.54. The van der Waals surface area contributed by atoms with E-state index in [1.165, 1.54) is 18.2 Å². The molecule has 0 radical (unpaired) electrons. The van der Waals surface area contributed by atoms with Crippen LogP contribution in [0.25, 0.3) is 11.1 Å². The van der Waals surface area contributed by atoms with Crippen LogP contribution in [0.1, 0.15) is 26.5 Å². The number of rotatable bonds is 2. The Bertz CT molecular complexity index is 778. The molecule has 0 bridgehead atoms. The zero-order chi connectivity index (χ0) is 18.4. The summed E-state index contributed by atoms with van der Waals surface area (Å²) in [5.74, 6) is -0.249. The lowest BCUT2D eigenvalue weighted by atomic mass is 10.0. The summed E-state index contributed by atoms with van der Waals surface area (Å²) >= 11 is 6.51. The number of aromatic nitrogens is 1. The number of hydrogen-bond donors (Lipinski definition) is 0. The van der Waals surface area contributed by atoms with Gasteiger partial charge in [-0.1, -0.05) is 23.7 Å². The molecule has 25 heavy (non-hydrogen) atoms. The van der Waals surface area contributed by atoms with E-state index in [1.807, 2.05) is 10.6 Å². The van der Waals surface area contributed by atoms with Gasteiger partial charge in [-0.15, -0.1) is 13.2 Å². The van der Waals surface area contributed by atoms with Gasteiger partial charge in [-0.25, -0.2) is 0 Å². The molecule has 0 amide bonds. The fraction of sp³-hybridized carbons (Fsp3) is 0.444. The summed E-state index contributed by atoms with van der Waals surface area (Å²) in [7, 11) is 0. The van der Waals surface area contributed by atoms with E-state index in [-0.39, 0.29) is 11.3 Å². The molecule has 1 aliphatic heterocycles. The second kappa shape index (κ2) is 6.25. The van der Waals surface area contributed by atoms with Gasteiger partial charge in [0.25, 0.3) is 0 Å². The van der Waals surface area contributed by atoms with Crippen molar-refractivity contribution in [2.24, 2.45) is 0 Å². The quantitative estimate of drug-likeness (QED) is 0.709. The normalized spacial score (nSPS) is 16.0. The molecular weight excluding hydrogens is 353 g/mol. The fourth-order valence-corrected chi connectivity index (χ4v) is 3.44. The molecule has 0 atom stereocenters. The third kappa shape index (κ3) is 3.96. The van der Waals surface area contributed by atoms with Gasteiger partial charge in [0.2, 0.25) is 0 Å². The first-order valence-electron chi connectivity index (χ1n) is 8.04. The van der Waals surface area contributed by atoms with E-state index in [2.05, 4.69) is 30.4 Å². The molecule has 136 valence electrons. The molecule has 1 aromatic heterocycles. The van der Waals surface area contributed by atoms with Crippen LogP contribution in [0.4, 0.5) is 13.2 Å². The molecule has 0 N–H and O–H groups in total. The molecule has 1 aliphatic rings. The largest absolute Gasteiger partial charge is 0.573 e. The van der Waals surface area contributed by atoms with Gasteiger partial charge in [-0.2, -0.15) is 0 Å². The summed E-state index contributed by atoms with van der Waals surface area (Å²) in [4.78, 5) is 2.35. The van der Waals surface area contributed by atoms with Crippen LogP contribution < -0.4 is 4.74 Å². The smallest absolute Gasteiger partial charge is 0.406 e. The minimum atomic E-state index is -4.71. The van der Waals surface area contributed by atoms with Crippen LogP contribution in [0.5, 0.6) is 5.75 Å². The maximum absolute atomic E-state index is 12.4. The number of ether oxygens (including phenoxy) is 1. The number of hydrogen-bond acceptors (Lipinski definition) is 2. The fourth-order valence-electron chi connectivity index (χ4n) is 3.08. The lowest BCUT2D eigenvalue weighted by Crippen LogP contribution is -2.45. The third-order valence-corrected chi connectivity index (χ3v) is 4.80. The van der Waals surface area contributed by atoms with Gasteiger partial charge in [0.15, 0.2) is 0 Å². The van der Waals surface area contributed by atoms with Crippen molar-refractivity contribution in [1.29, 1.82) is 0 Å². The Morgan fingerprint density at radius 2 is 1.80 bits per heavy atom. The Morgan fingerprint density at radius 1 is 1.08 bits per heavy atom. The zero-order valence-corrected chi connectivity index (χ0v) is 15.1. The van der Waals surface area contributed by atoms with E-state index >= 15 is 0 Å². The second-order valence-electron chi connectivity index (χ2n) is 7.16. The Labute approximate surface area is 149 Å². The predicted molar refractivity (Wildman–Crippen MR) is 91.7 cm³/mol. The first-order valence-corrected chi connectivity index (χ1v) is 8.41. The minimum absolute atomic E-state index is 0.0443. The van der Waals surface area contributed by atoms with E-state index < -0.39 is 6.36 Å². The maximum atomic E-state index is 12.4. The highest BCUT2D eigenvalue weighted by Gasteiger charge is 2.31. The van der Waals surface area contributed by atoms with Gasteiger partial charge in [0.05, 0.1) is 0 Å². The molecule has 0 unspecified atom stereocenters. The van der Waals surface area contributed by atoms with Crippen molar-refractivity contribution in [1.82, 2.24) is 9.47 Å². The average molecular weight is 373 g/mol. The molecule has 3 nitrogen and oxygen atoms in total. The molecule has 0 spiro atoms. The van der Waals surface area contributed by atoms with Crippen LogP contribution in [0.2, 0.25) is 5.15 Å². The topological polar surface area (TPSA) is 17.4 Å². The highest BCUT2D eigenvalue weighted by Crippen LogP contribution is 2.36. The second-order valence-corrected chi connectivity index (χ2v) is 7.52. The standard InChI is InChI=1S/C18H20ClF3N2O/c1-17(2,3)23-7-8-24-13(11-23)10-15(16(24)19)12-5-4-6-14(9-12)25-18(20,21)22/h4-6,9-10H,7-8,11H2,1-3H3. The van der Waals surface area contributed by atoms with E-state index in [0.717, 1.165) is 30.9 Å². The summed E-state index contributed by atoms with van der Waals surface area (Å²) < 4.78 is 43.3. The number of halogens is 4. The van der Waals surface area contributed by atoms with Crippen LogP contribution in [-0.4, -0.2) is 27.9 Å². The molecule has 7 heteroatoms. The van der Waals surface area contributed by atoms with Gasteiger partial charge in [-0.05, 0) is 44.5 Å². The van der Waals surface area contributed by atoms with Crippen molar-refractivity contribution in [2.75, 3.05) is 6.54 Å². The Balaban J connectivity index is 1.93. The minimum Gasteiger partial charge on any atom is -0.406 e. The van der Waals surface area contributed by atoms with Crippen LogP contribution in [-0.2, 0) is 13.1 Å². The van der Waals surface area contributed by atoms with E-state index in [1.54, 1.807) is 6.07 Å². The number of fused-ring (bicyclic) bond motifs is 1. The molecular formula is C18H20ClF3N2O. The van der Waals surface area contributed by atoms with Crippen molar-refractivity contribution >= 4 is 11.6 Å². The lowest BCUT2D eigenvalue weighted by Gasteiger charge is -2.39. The van der Waals surface area contributed by atoms with Crippen molar-refractivity contribution < 1.29 is 17.9 Å². The molecule has 0 saturated carbocycles. The number of alkyl halides is 3. The highest BCUT2D eigenvalue weighted by atomic mass is 35.5. The lowest BCUT2D eigenvalue weighted by molar-refractivity contribution is -0.274. The first kappa shape index (κ1) is 18.1. The molecule has 2 heterocycles. The molecule has 0 fully saturated rings. The SMILES string of the molecule is CC(C)(C)N1CCn2c(cc(-c3cccc(OC(F)(F)F)c3)c2Cl)C1. The average Bonchev–Trinajstić information content (AvgIpc) is 2.82. The molecule has 2 aromatic rings. The number of nitrogens with zero attached hydrogens (tertiary/aromatic N) is 2. The first-order chi connectivity index (χ1) is 11.5. The summed E-state index contributed by atoms with van der Waals surface area (Å²) in [5, 5.41) is 0.549. The van der Waals surface area contributed by atoms with Crippen LogP contribution in [0.3, 0.4) is 0 Å². The van der Waals surface area contributed by atoms with Gasteiger partial charge in [-0.3, -0.25) is 4.90 Å². The van der Waals surface area contributed by atoms with Crippen LogP contribution in [0, 0.1) is 0 Å². The third-order valence-electron chi connectivity index (χ3n) is 4.39. The van der Waals surface area contributed by atoms with Crippen molar-refractivity contribution in [3.05, 3.63) is 41.2 Å². The maximum Gasteiger partial charge on any atom is 0.573 e. The van der Waals surface area contributed by atoms with Gasteiger partial charge >= 0.3 is 6.36 Å². The highest BCUT2D eigenvalue weighted by molar-refractivity contribution is 6.32. The molecule has 0 aliphatic carbocycles. The summed E-state index contributed by atoms with van der Waals surface area (Å²) in [5.41, 5.74) is 2.43. The molecule has 1 aromatic carbocycles. The van der Waals surface area contributed by atoms with E-state index in [4.69, 9.17) is 11.6 Å². The Morgan fingerprint density at radius 3 is 2.44 bits per heavy atom. The van der Waals surface area contributed by atoms with Crippen LogP contribution in [0.15, 0.2) is 30.3 Å². The summed E-state index contributed by atoms with van der Waals surface area (Å²) in [6.45, 7) is 8.86. The summed E-state index contributed by atoms with van der Waals surface area (Å²) in [6.07, 6.45) is -4.71. The van der Waals surface area contributed by atoms with Gasteiger partial charge in [0.1, 0.15) is 10.9 Å². The van der Waals surface area contributed by atoms with E-state index in [9.17, 15) is 13.2 Å². The predicted octanol–water partition coefficient (Wildman–Crippen LogP) is 5.32. The van der Waals surface area contributed by atoms with Crippen molar-refractivity contribution in [2.45, 2.75) is 45.8 Å². The summed E-state index contributed by atoms with van der Waals surface area (Å²) in [6, 6.07) is 7.86. The van der Waals surface area contributed by atoms with Gasteiger partial charge in [0, 0.05) is 36.4 Å². The zero-order valence-electron chi connectivity index (χ0n) is 14.3. The van der Waals surface area contributed by atoms with Crippen molar-refractivity contribution in [3.63, 3.8) is 0 Å². The van der Waals surface area contributed by atoms with Gasteiger partial charge < -0.3 is 9.30 Å². The number of benzene rings is 1. The van der Waals surface area contributed by atoms with E-state index in [0.29, 0.717) is 10.7 Å². The molecule has 0 saturated heterocycles. The van der Waals surface area contributed by atoms with Crippen molar-refractivity contribution in [3.8, 4) is 16.9 Å². The van der Waals surface area contributed by atoms with Crippen LogP contribution >= 0.6 is 11.6 Å². The Hall–Kier alpha value is -1.66. The monoisotopic (exact) mass is 372 g/mol.